The standard InChI is InChI=1S/C24H39N5O3/c1-4-25-24(26-12-13-28-14-16-29(17-15-28)19(2)30)27-18-20-8-7-11-22(31-3)23(20)32-21-9-5-6-10-21/h7-8,11,21H,4-6,9-10,12-18H2,1-3H3,(H2,25,26,27). The summed E-state index contributed by atoms with van der Waals surface area (Å²) in [6.07, 6.45) is 4.93. The van der Waals surface area contributed by atoms with Crippen LogP contribution in [0.5, 0.6) is 11.5 Å². The highest BCUT2D eigenvalue weighted by atomic mass is 16.5. The lowest BCUT2D eigenvalue weighted by atomic mass is 10.1. The zero-order valence-electron chi connectivity index (χ0n) is 19.9. The highest BCUT2D eigenvalue weighted by Crippen LogP contribution is 2.35. The van der Waals surface area contributed by atoms with Gasteiger partial charge in [-0.15, -0.1) is 0 Å². The molecule has 1 saturated carbocycles. The molecule has 0 atom stereocenters. The predicted molar refractivity (Wildman–Crippen MR) is 127 cm³/mol. The largest absolute Gasteiger partial charge is 0.493 e. The number of carbonyl (C=O) groups excluding carboxylic acids is 1. The van der Waals surface area contributed by atoms with Gasteiger partial charge in [0.15, 0.2) is 17.5 Å². The Bertz CT molecular complexity index is 756. The average molecular weight is 446 g/mol. The lowest BCUT2D eigenvalue weighted by Crippen LogP contribution is -2.50. The van der Waals surface area contributed by atoms with E-state index >= 15 is 0 Å². The van der Waals surface area contributed by atoms with Gasteiger partial charge in [0, 0.05) is 58.3 Å². The fraction of sp³-hybridized carbons (Fsp3) is 0.667. The molecule has 1 heterocycles. The number of nitrogens with one attached hydrogen (secondary N) is 2. The van der Waals surface area contributed by atoms with E-state index in [1.54, 1.807) is 14.0 Å². The van der Waals surface area contributed by atoms with Gasteiger partial charge in [-0.05, 0) is 38.7 Å². The molecule has 2 N–H and O–H groups in total. The van der Waals surface area contributed by atoms with Crippen LogP contribution in [0.15, 0.2) is 23.2 Å². The Balaban J connectivity index is 1.56. The number of nitrogens with zero attached hydrogens (tertiary/aromatic N) is 3. The van der Waals surface area contributed by atoms with Crippen molar-refractivity contribution in [1.82, 2.24) is 20.4 Å². The van der Waals surface area contributed by atoms with Gasteiger partial charge >= 0.3 is 0 Å². The maximum Gasteiger partial charge on any atom is 0.219 e. The van der Waals surface area contributed by atoms with Gasteiger partial charge in [-0.1, -0.05) is 12.1 Å². The minimum absolute atomic E-state index is 0.165. The summed E-state index contributed by atoms with van der Waals surface area (Å²) in [6.45, 7) is 10.2. The zero-order chi connectivity index (χ0) is 22.8. The molecular weight excluding hydrogens is 406 g/mol. The summed E-state index contributed by atoms with van der Waals surface area (Å²) >= 11 is 0. The SMILES string of the molecule is CCNC(=NCc1cccc(OC)c1OC1CCCC1)NCCN1CCN(C(C)=O)CC1. The van der Waals surface area contributed by atoms with E-state index in [1.807, 2.05) is 17.0 Å². The Labute approximate surface area is 192 Å². The number of hydrogen-bond acceptors (Lipinski definition) is 5. The van der Waals surface area contributed by atoms with Crippen molar-refractivity contribution in [2.45, 2.75) is 52.2 Å². The van der Waals surface area contributed by atoms with E-state index in [9.17, 15) is 4.79 Å². The van der Waals surface area contributed by atoms with Gasteiger partial charge in [-0.25, -0.2) is 4.99 Å². The summed E-state index contributed by atoms with van der Waals surface area (Å²) < 4.78 is 11.9. The van der Waals surface area contributed by atoms with Crippen LogP contribution in [0.2, 0.25) is 0 Å². The number of amides is 1. The normalized spacial score (nSPS) is 18.0. The number of para-hydroxylation sites is 1. The van der Waals surface area contributed by atoms with E-state index in [2.05, 4.69) is 28.5 Å². The second kappa shape index (κ2) is 12.5. The van der Waals surface area contributed by atoms with Crippen molar-refractivity contribution in [3.63, 3.8) is 0 Å². The first-order chi connectivity index (χ1) is 15.6. The third kappa shape index (κ3) is 7.02. The molecule has 0 aromatic heterocycles. The Kier molecular flexibility index (Phi) is 9.46. The lowest BCUT2D eigenvalue weighted by Gasteiger charge is -2.34. The number of hydrogen-bond donors (Lipinski definition) is 2. The van der Waals surface area contributed by atoms with Crippen molar-refractivity contribution >= 4 is 11.9 Å². The number of piperazine rings is 1. The molecule has 1 aromatic rings. The first kappa shape index (κ1) is 24.2. The first-order valence-electron chi connectivity index (χ1n) is 11.9. The molecule has 0 bridgehead atoms. The summed E-state index contributed by atoms with van der Waals surface area (Å²) in [6, 6.07) is 6.01. The van der Waals surface area contributed by atoms with Crippen LogP contribution in [-0.4, -0.2) is 80.7 Å². The maximum absolute atomic E-state index is 11.5. The summed E-state index contributed by atoms with van der Waals surface area (Å²) in [5.74, 6) is 2.56. The summed E-state index contributed by atoms with van der Waals surface area (Å²) in [5, 5.41) is 6.77. The van der Waals surface area contributed by atoms with Crippen LogP contribution in [-0.2, 0) is 11.3 Å². The second-order valence-corrected chi connectivity index (χ2v) is 8.44. The molecule has 1 aliphatic carbocycles. The van der Waals surface area contributed by atoms with Crippen molar-refractivity contribution in [1.29, 1.82) is 0 Å². The van der Waals surface area contributed by atoms with Crippen LogP contribution in [0.4, 0.5) is 0 Å². The van der Waals surface area contributed by atoms with Gasteiger partial charge in [0.2, 0.25) is 5.91 Å². The lowest BCUT2D eigenvalue weighted by molar-refractivity contribution is -0.130. The molecule has 1 aromatic carbocycles. The highest BCUT2D eigenvalue weighted by molar-refractivity contribution is 5.79. The quantitative estimate of drug-likeness (QED) is 0.448. The molecule has 2 fully saturated rings. The fourth-order valence-electron chi connectivity index (χ4n) is 4.28. The van der Waals surface area contributed by atoms with Crippen LogP contribution in [0.25, 0.3) is 0 Å². The van der Waals surface area contributed by atoms with Crippen LogP contribution in [0.3, 0.4) is 0 Å². The van der Waals surface area contributed by atoms with Crippen molar-refractivity contribution in [2.75, 3.05) is 52.9 Å². The number of guanidine groups is 1. The number of methoxy groups -OCH3 is 1. The minimum Gasteiger partial charge on any atom is -0.493 e. The first-order valence-corrected chi connectivity index (χ1v) is 11.9. The summed E-state index contributed by atoms with van der Waals surface area (Å²) in [7, 11) is 1.69. The van der Waals surface area contributed by atoms with Crippen molar-refractivity contribution < 1.29 is 14.3 Å². The van der Waals surface area contributed by atoms with Gasteiger partial charge in [0.1, 0.15) is 0 Å². The predicted octanol–water partition coefficient (Wildman–Crippen LogP) is 2.24. The van der Waals surface area contributed by atoms with Crippen molar-refractivity contribution in [3.8, 4) is 11.5 Å². The van der Waals surface area contributed by atoms with E-state index in [0.29, 0.717) is 6.54 Å². The number of benzene rings is 1. The second-order valence-electron chi connectivity index (χ2n) is 8.44. The van der Waals surface area contributed by atoms with Gasteiger partial charge in [-0.3, -0.25) is 9.69 Å². The smallest absolute Gasteiger partial charge is 0.219 e. The molecule has 0 radical (unpaired) electrons. The molecule has 0 unspecified atom stereocenters. The Morgan fingerprint density at radius 2 is 1.91 bits per heavy atom. The van der Waals surface area contributed by atoms with Gasteiger partial charge in [0.25, 0.3) is 0 Å². The van der Waals surface area contributed by atoms with Gasteiger partial charge < -0.3 is 25.0 Å². The average Bonchev–Trinajstić information content (AvgIpc) is 3.31. The van der Waals surface area contributed by atoms with Gasteiger partial charge in [-0.2, -0.15) is 0 Å². The monoisotopic (exact) mass is 445 g/mol. The topological polar surface area (TPSA) is 78.4 Å². The number of aliphatic imine (C=N–C) groups is 1. The molecule has 32 heavy (non-hydrogen) atoms. The zero-order valence-corrected chi connectivity index (χ0v) is 19.9. The molecule has 8 nitrogen and oxygen atoms in total. The molecule has 3 rings (SSSR count). The maximum atomic E-state index is 11.5. The van der Waals surface area contributed by atoms with Gasteiger partial charge in [0.05, 0.1) is 19.8 Å². The van der Waals surface area contributed by atoms with E-state index in [4.69, 9.17) is 14.5 Å². The molecule has 1 amide bonds. The minimum atomic E-state index is 0.165. The highest BCUT2D eigenvalue weighted by Gasteiger charge is 2.21. The van der Waals surface area contributed by atoms with E-state index in [1.165, 1.54) is 12.8 Å². The number of carbonyl (C=O) groups is 1. The molecule has 0 spiro atoms. The number of ether oxygens (including phenoxy) is 2. The Hall–Kier alpha value is -2.48. The summed E-state index contributed by atoms with van der Waals surface area (Å²) in [5.41, 5.74) is 1.04. The van der Waals surface area contributed by atoms with Crippen molar-refractivity contribution in [3.05, 3.63) is 23.8 Å². The third-order valence-electron chi connectivity index (χ3n) is 6.16. The fourth-order valence-corrected chi connectivity index (χ4v) is 4.28. The van der Waals surface area contributed by atoms with Crippen LogP contribution < -0.4 is 20.1 Å². The molecule has 178 valence electrons. The Morgan fingerprint density at radius 3 is 2.56 bits per heavy atom. The molecule has 2 aliphatic rings. The summed E-state index contributed by atoms with van der Waals surface area (Å²) in [4.78, 5) is 20.6. The third-order valence-corrected chi connectivity index (χ3v) is 6.16. The van der Waals surface area contributed by atoms with E-state index in [0.717, 1.165) is 81.7 Å². The molecule has 8 heteroatoms. The van der Waals surface area contributed by atoms with Crippen molar-refractivity contribution in [2.24, 2.45) is 4.99 Å². The van der Waals surface area contributed by atoms with E-state index < -0.39 is 0 Å². The molecule has 1 aliphatic heterocycles. The Morgan fingerprint density at radius 1 is 1.16 bits per heavy atom. The van der Waals surface area contributed by atoms with Crippen LogP contribution >= 0.6 is 0 Å². The van der Waals surface area contributed by atoms with E-state index in [-0.39, 0.29) is 12.0 Å². The number of rotatable bonds is 9. The van der Waals surface area contributed by atoms with Crippen LogP contribution in [0, 0.1) is 0 Å². The molecular formula is C24H39N5O3. The van der Waals surface area contributed by atoms with Crippen LogP contribution in [0.1, 0.15) is 45.1 Å². The molecule has 1 saturated heterocycles.